The number of hydrogen-bond acceptors (Lipinski definition) is 4. The molecule has 0 aromatic carbocycles. The van der Waals surface area contributed by atoms with Gasteiger partial charge in [-0.25, -0.2) is 0 Å². The van der Waals surface area contributed by atoms with Crippen LogP contribution in [0.2, 0.25) is 0 Å². The summed E-state index contributed by atoms with van der Waals surface area (Å²) in [6, 6.07) is 0. The first-order chi connectivity index (χ1) is 18.9. The molecule has 5 heteroatoms. The number of carbonyl (C=O) groups excluding carboxylic acids is 2. The normalized spacial score (nSPS) is 42.9. The Kier molecular flexibility index (Phi) is 7.65. The minimum atomic E-state index is -0.314. The van der Waals surface area contributed by atoms with Crippen molar-refractivity contribution in [3.8, 4) is 0 Å². The number of amides is 1. The van der Waals surface area contributed by atoms with Gasteiger partial charge in [-0.15, -0.1) is 0 Å². The molecule has 1 N–H and O–H groups in total. The van der Waals surface area contributed by atoms with Gasteiger partial charge >= 0.3 is 5.97 Å². The van der Waals surface area contributed by atoms with E-state index in [1.165, 1.54) is 24.8 Å². The summed E-state index contributed by atoms with van der Waals surface area (Å²) in [5.41, 5.74) is 3.73. The number of rotatable bonds is 5. The quantitative estimate of drug-likeness (QED) is 0.275. The molecule has 0 radical (unpaired) electrons. The van der Waals surface area contributed by atoms with Crippen LogP contribution in [-0.2, 0) is 14.3 Å². The minimum absolute atomic E-state index is 0.0145. The molecular weight excluding hydrogens is 508 g/mol. The topological polar surface area (TPSA) is 58.6 Å². The van der Waals surface area contributed by atoms with Crippen molar-refractivity contribution in [2.75, 3.05) is 27.2 Å². The van der Waals surface area contributed by atoms with Crippen molar-refractivity contribution in [2.45, 2.75) is 132 Å². The van der Waals surface area contributed by atoms with Gasteiger partial charge in [-0.2, -0.15) is 0 Å². The number of ether oxygens (including phenoxy) is 1. The van der Waals surface area contributed by atoms with Crippen molar-refractivity contribution >= 4 is 11.9 Å². The highest BCUT2D eigenvalue weighted by molar-refractivity contribution is 5.87. The van der Waals surface area contributed by atoms with E-state index < -0.39 is 0 Å². The molecule has 41 heavy (non-hydrogen) atoms. The first-order valence-corrected chi connectivity index (χ1v) is 16.8. The highest BCUT2D eigenvalue weighted by Gasteiger charge is 2.68. The highest BCUT2D eigenvalue weighted by Crippen LogP contribution is 2.75. The van der Waals surface area contributed by atoms with Gasteiger partial charge in [0.25, 0.3) is 0 Å². The van der Waals surface area contributed by atoms with E-state index >= 15 is 0 Å². The smallest absolute Gasteiger partial charge is 0.302 e. The molecule has 1 amide bonds. The van der Waals surface area contributed by atoms with E-state index in [2.05, 4.69) is 72.8 Å². The number of likely N-dealkylation sites (N-methyl/N-ethyl adjacent to an activating group) is 1. The van der Waals surface area contributed by atoms with E-state index in [0.717, 1.165) is 64.5 Å². The molecule has 5 aliphatic carbocycles. The molecule has 0 saturated heterocycles. The van der Waals surface area contributed by atoms with E-state index in [-0.39, 0.29) is 44.6 Å². The summed E-state index contributed by atoms with van der Waals surface area (Å²) >= 11 is 0. The Morgan fingerprint density at radius 2 is 1.54 bits per heavy atom. The largest absolute Gasteiger partial charge is 0.462 e. The maximum Gasteiger partial charge on any atom is 0.302 e. The lowest BCUT2D eigenvalue weighted by Crippen LogP contribution is -2.64. The molecule has 5 nitrogen and oxygen atoms in total. The lowest BCUT2D eigenvalue weighted by molar-refractivity contribution is -0.213. The predicted molar refractivity (Wildman–Crippen MR) is 166 cm³/mol. The monoisotopic (exact) mass is 568 g/mol. The summed E-state index contributed by atoms with van der Waals surface area (Å²) in [5, 5.41) is 3.39. The number of fused-ring (bicyclic) bond motifs is 6. The number of nitrogens with one attached hydrogen (secondary N) is 1. The molecule has 5 rings (SSSR count). The average molecular weight is 569 g/mol. The van der Waals surface area contributed by atoms with E-state index in [1.54, 1.807) is 12.5 Å². The van der Waals surface area contributed by atoms with Crippen molar-refractivity contribution in [1.82, 2.24) is 10.2 Å². The molecule has 4 fully saturated rings. The SMILES string of the molecule is CC(=O)O[C@H]1CC[C@@]2(C)C(CC[C@]3(C)C2CCC2=C4CC(C)(C)CC[C@]4(C(=O)NCCN(C)C)CC[C@]23C)C1(C)C. The summed E-state index contributed by atoms with van der Waals surface area (Å²) in [7, 11) is 4.15. The van der Waals surface area contributed by atoms with Crippen LogP contribution in [0, 0.1) is 44.3 Å². The summed E-state index contributed by atoms with van der Waals surface area (Å²) in [4.78, 5) is 28.2. The molecule has 4 saturated carbocycles. The van der Waals surface area contributed by atoms with Crippen molar-refractivity contribution in [2.24, 2.45) is 44.3 Å². The zero-order valence-electron chi connectivity index (χ0n) is 28.1. The van der Waals surface area contributed by atoms with Gasteiger partial charge in [0, 0.05) is 25.4 Å². The summed E-state index contributed by atoms with van der Waals surface area (Å²) in [5.74, 6) is 1.37. The van der Waals surface area contributed by atoms with Crippen LogP contribution in [0.3, 0.4) is 0 Å². The Morgan fingerprint density at radius 1 is 0.854 bits per heavy atom. The van der Waals surface area contributed by atoms with E-state index in [4.69, 9.17) is 4.74 Å². The maximum absolute atomic E-state index is 14.1. The zero-order valence-corrected chi connectivity index (χ0v) is 28.1. The highest BCUT2D eigenvalue weighted by atomic mass is 16.5. The lowest BCUT2D eigenvalue weighted by atomic mass is 9.34. The van der Waals surface area contributed by atoms with Crippen LogP contribution in [0.25, 0.3) is 0 Å². The number of esters is 1. The number of nitrogens with zero attached hydrogens (tertiary/aromatic N) is 1. The van der Waals surface area contributed by atoms with Crippen LogP contribution in [0.1, 0.15) is 126 Å². The first kappa shape index (κ1) is 31.1. The maximum atomic E-state index is 14.1. The molecule has 0 aromatic rings. The standard InChI is InChI=1S/C36H60N2O3/c1-24(39)41-29-14-15-33(6)27(32(29,4)5)13-16-35(8)28(33)12-11-25-26-23-31(2,3)17-19-36(26,20-18-34(25,35)7)30(40)37-21-22-38(9)10/h27-29H,11-23H2,1-10H3,(H,37,40)/t27?,28?,29-,33-,34+,35+,36-/m0/s1. The van der Waals surface area contributed by atoms with Gasteiger partial charge in [0.1, 0.15) is 6.10 Å². The van der Waals surface area contributed by atoms with E-state index in [1.807, 2.05) is 0 Å². The molecule has 5 aliphatic rings. The zero-order chi connectivity index (χ0) is 30.2. The minimum Gasteiger partial charge on any atom is -0.462 e. The Bertz CT molecular complexity index is 1110. The molecule has 0 spiro atoms. The third-order valence-electron chi connectivity index (χ3n) is 14.1. The number of hydrogen-bond donors (Lipinski definition) is 1. The Morgan fingerprint density at radius 3 is 2.20 bits per heavy atom. The Hall–Kier alpha value is -1.36. The number of carbonyl (C=O) groups is 2. The fourth-order valence-corrected chi connectivity index (χ4v) is 11.6. The third-order valence-corrected chi connectivity index (χ3v) is 14.1. The van der Waals surface area contributed by atoms with Crippen molar-refractivity contribution in [3.63, 3.8) is 0 Å². The molecule has 0 aromatic heterocycles. The van der Waals surface area contributed by atoms with Crippen LogP contribution < -0.4 is 5.32 Å². The Labute approximate surface area is 251 Å². The van der Waals surface area contributed by atoms with Gasteiger partial charge in [-0.05, 0) is 118 Å². The van der Waals surface area contributed by atoms with Crippen LogP contribution in [0.4, 0.5) is 0 Å². The second-order valence-corrected chi connectivity index (χ2v) is 17.3. The van der Waals surface area contributed by atoms with Gasteiger partial charge in [-0.1, -0.05) is 59.6 Å². The van der Waals surface area contributed by atoms with E-state index in [0.29, 0.717) is 17.7 Å². The van der Waals surface area contributed by atoms with Crippen LogP contribution in [-0.4, -0.2) is 50.1 Å². The third kappa shape index (κ3) is 4.65. The van der Waals surface area contributed by atoms with Crippen molar-refractivity contribution in [3.05, 3.63) is 11.1 Å². The fraction of sp³-hybridized carbons (Fsp3) is 0.889. The van der Waals surface area contributed by atoms with Crippen LogP contribution >= 0.6 is 0 Å². The van der Waals surface area contributed by atoms with Crippen LogP contribution in [0.15, 0.2) is 11.1 Å². The first-order valence-electron chi connectivity index (χ1n) is 16.8. The molecule has 232 valence electrons. The summed E-state index contributed by atoms with van der Waals surface area (Å²) in [6.07, 6.45) is 12.2. The molecular formula is C36H60N2O3. The fourth-order valence-electron chi connectivity index (χ4n) is 11.6. The second kappa shape index (κ2) is 10.1. The molecule has 2 unspecified atom stereocenters. The van der Waals surface area contributed by atoms with Gasteiger partial charge < -0.3 is 15.0 Å². The van der Waals surface area contributed by atoms with Crippen molar-refractivity contribution < 1.29 is 14.3 Å². The molecule has 0 heterocycles. The van der Waals surface area contributed by atoms with Gasteiger partial charge in [0.15, 0.2) is 0 Å². The predicted octanol–water partition coefficient (Wildman–Crippen LogP) is 7.54. The Balaban J connectivity index is 1.52. The van der Waals surface area contributed by atoms with Gasteiger partial charge in [0.05, 0.1) is 5.41 Å². The lowest BCUT2D eigenvalue weighted by Gasteiger charge is -2.71. The van der Waals surface area contributed by atoms with E-state index in [9.17, 15) is 9.59 Å². The molecule has 0 bridgehead atoms. The summed E-state index contributed by atoms with van der Waals surface area (Å²) in [6.45, 7) is 20.6. The number of allylic oxidation sites excluding steroid dienone is 1. The van der Waals surface area contributed by atoms with Gasteiger partial charge in [-0.3, -0.25) is 9.59 Å². The summed E-state index contributed by atoms with van der Waals surface area (Å²) < 4.78 is 5.93. The van der Waals surface area contributed by atoms with Crippen LogP contribution in [0.5, 0.6) is 0 Å². The van der Waals surface area contributed by atoms with Gasteiger partial charge in [0.2, 0.25) is 5.91 Å². The van der Waals surface area contributed by atoms with Crippen molar-refractivity contribution in [1.29, 1.82) is 0 Å². The molecule has 7 atom stereocenters. The average Bonchev–Trinajstić information content (AvgIpc) is 2.85. The molecule has 0 aliphatic heterocycles. The second-order valence-electron chi connectivity index (χ2n) is 17.3.